The second-order valence-electron chi connectivity index (χ2n) is 11.8. The van der Waals surface area contributed by atoms with Gasteiger partial charge in [-0.1, -0.05) is 52.4 Å². The van der Waals surface area contributed by atoms with E-state index in [1.54, 1.807) is 7.02 Å². The van der Waals surface area contributed by atoms with Crippen LogP contribution in [0.1, 0.15) is 153 Å². The van der Waals surface area contributed by atoms with Gasteiger partial charge in [-0.2, -0.15) is 0 Å². The summed E-state index contributed by atoms with van der Waals surface area (Å²) in [6.45, 7) is 4.60. The van der Waals surface area contributed by atoms with Crippen LogP contribution < -0.4 is 7.02 Å². The predicted molar refractivity (Wildman–Crippen MR) is 175 cm³/mol. The Morgan fingerprint density at radius 3 is 0.921 bits per heavy atom. The molecule has 0 saturated heterocycles. The summed E-state index contributed by atoms with van der Waals surface area (Å²) in [5.74, 6) is 0. The first kappa shape index (κ1) is 33.5. The average molecular weight is 628 g/mol. The maximum atomic E-state index is 2.54. The van der Waals surface area contributed by atoms with Crippen molar-refractivity contribution in [3.63, 3.8) is 0 Å². The van der Waals surface area contributed by atoms with Gasteiger partial charge in [0.05, 0.1) is 0 Å². The zero-order valence-corrected chi connectivity index (χ0v) is 28.2. The van der Waals surface area contributed by atoms with E-state index in [4.69, 9.17) is 0 Å². The first-order valence-electron chi connectivity index (χ1n) is 16.7. The van der Waals surface area contributed by atoms with E-state index < -0.39 is 20.2 Å². The molecule has 0 bridgehead atoms. The van der Waals surface area contributed by atoms with Crippen LogP contribution in [0.4, 0.5) is 0 Å². The number of rotatable bonds is 24. The molecule has 0 aliphatic rings. The van der Waals surface area contributed by atoms with E-state index in [2.05, 4.69) is 67.2 Å². The topological polar surface area (TPSA) is 0 Å². The third kappa shape index (κ3) is 15.7. The molecule has 0 nitrogen and oxygen atoms in total. The van der Waals surface area contributed by atoms with Gasteiger partial charge in [0, 0.05) is 0 Å². The molecule has 0 spiro atoms. The molecule has 0 radical (unpaired) electrons. The van der Waals surface area contributed by atoms with Crippen molar-refractivity contribution in [1.82, 2.24) is 0 Å². The van der Waals surface area contributed by atoms with Gasteiger partial charge in [-0.3, -0.25) is 0 Å². The summed E-state index contributed by atoms with van der Waals surface area (Å²) in [6, 6.07) is 19.5. The molecule has 0 aromatic heterocycles. The predicted octanol–water partition coefficient (Wildman–Crippen LogP) is 10.9. The molecule has 0 aliphatic carbocycles. The van der Waals surface area contributed by atoms with Crippen LogP contribution >= 0.6 is 0 Å². The molecule has 0 fully saturated rings. The molecule has 2 aromatic carbocycles. The average Bonchev–Trinajstić information content (AvgIpc) is 2.95. The second-order valence-corrected chi connectivity index (χ2v) is 17.9. The zero-order chi connectivity index (χ0) is 27.1. The Labute approximate surface area is 245 Å². The summed E-state index contributed by atoms with van der Waals surface area (Å²) in [4.78, 5) is 2.54. The number of aryl methyl sites for hydroxylation is 2. The van der Waals surface area contributed by atoms with Gasteiger partial charge in [-0.15, -0.1) is 0 Å². The summed E-state index contributed by atoms with van der Waals surface area (Å²) in [7, 11) is 0. The van der Waals surface area contributed by atoms with Crippen LogP contribution in [0.25, 0.3) is 0 Å². The van der Waals surface area contributed by atoms with Gasteiger partial charge < -0.3 is 0 Å². The molecule has 0 heterocycles. The molecular weight excluding hydrogens is 566 g/mol. The van der Waals surface area contributed by atoms with E-state index in [-0.39, 0.29) is 0 Å². The standard InChI is InChI=1S/2C18H29.CH3.Sb/c2*1-2-3-4-5-6-7-8-9-10-12-15-18-16-13-11-14-17-18;;/h2*13-14,16-17H,2-10,12,15H2,1H3;1H3;. The molecule has 0 unspecified atom stereocenters. The van der Waals surface area contributed by atoms with Gasteiger partial charge in [0.1, 0.15) is 0 Å². The fourth-order valence-corrected chi connectivity index (χ4v) is 9.81. The van der Waals surface area contributed by atoms with Crippen LogP contribution in [0.3, 0.4) is 0 Å². The minimum absolute atomic E-state index is 1.26. The molecular formula is C37H61Sb. The van der Waals surface area contributed by atoms with Crippen LogP contribution in [0, 0.1) is 0 Å². The molecule has 1 heteroatoms. The van der Waals surface area contributed by atoms with E-state index >= 15 is 0 Å². The molecule has 214 valence electrons. The third-order valence-corrected chi connectivity index (χ3v) is 14.4. The van der Waals surface area contributed by atoms with Crippen molar-refractivity contribution in [1.29, 1.82) is 0 Å². The Morgan fingerprint density at radius 2 is 0.632 bits per heavy atom. The number of hydrogen-bond donors (Lipinski definition) is 0. The van der Waals surface area contributed by atoms with Gasteiger partial charge >= 0.3 is 194 Å². The summed E-state index contributed by atoms with van der Waals surface area (Å²) in [6.07, 6.45) is 30.9. The Morgan fingerprint density at radius 1 is 0.368 bits per heavy atom. The van der Waals surface area contributed by atoms with E-state index in [9.17, 15) is 0 Å². The van der Waals surface area contributed by atoms with Crippen LogP contribution in [-0.2, 0) is 12.8 Å². The summed E-state index contributed by atoms with van der Waals surface area (Å²) in [5, 5.41) is 0. The molecule has 0 aliphatic heterocycles. The van der Waals surface area contributed by atoms with Crippen LogP contribution in [0.2, 0.25) is 4.87 Å². The van der Waals surface area contributed by atoms with Gasteiger partial charge in [-0.05, 0) is 0 Å². The first-order valence-corrected chi connectivity index (χ1v) is 21.8. The quantitative estimate of drug-likeness (QED) is 0.0803. The molecule has 0 amide bonds. The van der Waals surface area contributed by atoms with Gasteiger partial charge in [0.25, 0.3) is 0 Å². The van der Waals surface area contributed by atoms with Crippen molar-refractivity contribution in [2.45, 2.75) is 160 Å². The molecule has 38 heavy (non-hydrogen) atoms. The zero-order valence-electron chi connectivity index (χ0n) is 25.6. The van der Waals surface area contributed by atoms with Gasteiger partial charge in [0.15, 0.2) is 0 Å². The Hall–Kier alpha value is -0.742. The SMILES string of the molecule is CCCCCCCCCCCCc1cc[c]([Sb]([CH3])[c]2ccc(CCCCCCCCCCCC)cc2)cc1. The van der Waals surface area contributed by atoms with Crippen molar-refractivity contribution >= 4 is 27.2 Å². The molecule has 0 N–H and O–H groups in total. The molecule has 2 aromatic rings. The molecule has 2 rings (SSSR count). The minimum atomic E-state index is -1.57. The van der Waals surface area contributed by atoms with E-state index in [0.717, 1.165) is 0 Å². The Balaban J connectivity index is 1.57. The fourth-order valence-electron chi connectivity index (χ4n) is 5.55. The summed E-state index contributed by atoms with van der Waals surface area (Å²) < 4.78 is 3.25. The normalized spacial score (nSPS) is 11.5. The van der Waals surface area contributed by atoms with E-state index in [0.29, 0.717) is 0 Å². The van der Waals surface area contributed by atoms with Crippen molar-refractivity contribution in [3.05, 3.63) is 59.7 Å². The van der Waals surface area contributed by atoms with Crippen molar-refractivity contribution < 1.29 is 0 Å². The van der Waals surface area contributed by atoms with Crippen molar-refractivity contribution in [3.8, 4) is 0 Å². The summed E-state index contributed by atoms with van der Waals surface area (Å²) >= 11 is -1.57. The van der Waals surface area contributed by atoms with Crippen LogP contribution in [0.15, 0.2) is 48.5 Å². The monoisotopic (exact) mass is 626 g/mol. The Bertz CT molecular complexity index is 708. The number of unbranched alkanes of at least 4 members (excludes halogenated alkanes) is 18. The Kier molecular flexibility index (Phi) is 20.3. The van der Waals surface area contributed by atoms with Gasteiger partial charge in [0.2, 0.25) is 0 Å². The molecule has 0 atom stereocenters. The van der Waals surface area contributed by atoms with Crippen LogP contribution in [0.5, 0.6) is 0 Å². The third-order valence-electron chi connectivity index (χ3n) is 8.29. The van der Waals surface area contributed by atoms with Gasteiger partial charge in [-0.25, -0.2) is 0 Å². The second kappa shape index (κ2) is 23.0. The first-order chi connectivity index (χ1) is 18.7. The fraction of sp³-hybridized carbons (Fsp3) is 0.676. The number of hydrogen-bond acceptors (Lipinski definition) is 0. The van der Waals surface area contributed by atoms with Crippen LogP contribution in [-0.4, -0.2) is 20.2 Å². The van der Waals surface area contributed by atoms with Crippen molar-refractivity contribution in [2.24, 2.45) is 0 Å². The number of benzene rings is 2. The van der Waals surface area contributed by atoms with Crippen molar-refractivity contribution in [2.75, 3.05) is 0 Å². The maximum absolute atomic E-state index is 2.54. The van der Waals surface area contributed by atoms with E-state index in [1.165, 1.54) is 152 Å². The molecule has 0 saturated carbocycles. The van der Waals surface area contributed by atoms with E-state index in [1.807, 2.05) is 0 Å². The summed E-state index contributed by atoms with van der Waals surface area (Å²) in [5.41, 5.74) is 3.07.